The Morgan fingerprint density at radius 3 is 2.80 bits per heavy atom. The van der Waals surface area contributed by atoms with Crippen LogP contribution in [0.2, 0.25) is 0 Å². The number of carbonyl (C=O) groups excluding carboxylic acids is 1. The maximum absolute atomic E-state index is 10.9. The van der Waals surface area contributed by atoms with Gasteiger partial charge in [0.1, 0.15) is 0 Å². The minimum absolute atomic E-state index is 0.0631. The molecule has 1 aliphatic heterocycles. The van der Waals surface area contributed by atoms with Crippen molar-refractivity contribution < 1.29 is 9.28 Å². The third kappa shape index (κ3) is 4.71. The van der Waals surface area contributed by atoms with E-state index in [2.05, 4.69) is 18.9 Å². The van der Waals surface area contributed by atoms with E-state index in [0.717, 1.165) is 24.0 Å². The van der Waals surface area contributed by atoms with Crippen molar-refractivity contribution in [3.63, 3.8) is 0 Å². The molecule has 1 saturated heterocycles. The molecule has 0 saturated carbocycles. The number of thioether (sulfide) groups is 1. The van der Waals surface area contributed by atoms with Crippen LogP contribution in [0.5, 0.6) is 0 Å². The topological polar surface area (TPSA) is 29.1 Å². The van der Waals surface area contributed by atoms with Gasteiger partial charge in [-0.05, 0) is 6.08 Å². The average Bonchev–Trinajstić information content (AvgIpc) is 2.25. The lowest BCUT2D eigenvalue weighted by molar-refractivity contribution is -0.906. The number of rotatable bonds is 5. The molecule has 1 amide bonds. The minimum atomic E-state index is -0.0631. The quantitative estimate of drug-likeness (QED) is 0.431. The second-order valence-electron chi connectivity index (χ2n) is 4.25. The van der Waals surface area contributed by atoms with Gasteiger partial charge in [0.05, 0.1) is 26.7 Å². The molecule has 1 aliphatic rings. The first kappa shape index (κ1) is 12.6. The van der Waals surface area contributed by atoms with Gasteiger partial charge in [-0.15, -0.1) is 0 Å². The fraction of sp³-hybridized carbons (Fsp3) is 0.727. The smallest absolute Gasteiger partial charge is 0.243 e. The monoisotopic (exact) mass is 229 g/mol. The Labute approximate surface area is 96.5 Å². The summed E-state index contributed by atoms with van der Waals surface area (Å²) >= 11 is 2.05. The van der Waals surface area contributed by atoms with Gasteiger partial charge in [0.15, 0.2) is 0 Å². The molecular formula is C11H21N2OS+. The summed E-state index contributed by atoms with van der Waals surface area (Å²) in [6, 6.07) is 0. The van der Waals surface area contributed by atoms with Crippen molar-refractivity contribution in [2.75, 3.05) is 44.7 Å². The zero-order chi connectivity index (χ0) is 11.1. The van der Waals surface area contributed by atoms with E-state index >= 15 is 0 Å². The van der Waals surface area contributed by atoms with Gasteiger partial charge in [0.2, 0.25) is 5.91 Å². The molecule has 0 bridgehead atoms. The SMILES string of the molecule is C=CC(=O)NCCC[N+]1(C)CCSCC1. The van der Waals surface area contributed by atoms with E-state index in [1.165, 1.54) is 30.7 Å². The summed E-state index contributed by atoms with van der Waals surface area (Å²) in [4.78, 5) is 10.9. The molecule has 0 aliphatic carbocycles. The van der Waals surface area contributed by atoms with Crippen molar-refractivity contribution >= 4 is 17.7 Å². The third-order valence-electron chi connectivity index (χ3n) is 2.91. The van der Waals surface area contributed by atoms with Crippen LogP contribution in [0.4, 0.5) is 0 Å². The highest BCUT2D eigenvalue weighted by Gasteiger charge is 2.23. The zero-order valence-corrected chi connectivity index (χ0v) is 10.3. The molecule has 1 N–H and O–H groups in total. The van der Waals surface area contributed by atoms with Gasteiger partial charge in [0.25, 0.3) is 0 Å². The van der Waals surface area contributed by atoms with Crippen molar-refractivity contribution in [1.82, 2.24) is 5.32 Å². The maximum Gasteiger partial charge on any atom is 0.243 e. The van der Waals surface area contributed by atoms with Crippen LogP contribution in [0, 0.1) is 0 Å². The van der Waals surface area contributed by atoms with Crippen LogP contribution in [0.25, 0.3) is 0 Å². The molecule has 1 fully saturated rings. The first-order valence-corrected chi connectivity index (χ1v) is 6.63. The molecular weight excluding hydrogens is 208 g/mol. The first-order valence-electron chi connectivity index (χ1n) is 5.48. The summed E-state index contributed by atoms with van der Waals surface area (Å²) in [5, 5.41) is 2.82. The van der Waals surface area contributed by atoms with Gasteiger partial charge in [0, 0.05) is 24.5 Å². The Morgan fingerprint density at radius 1 is 1.53 bits per heavy atom. The van der Waals surface area contributed by atoms with Crippen LogP contribution in [-0.2, 0) is 4.79 Å². The highest BCUT2D eigenvalue weighted by Crippen LogP contribution is 2.15. The second-order valence-corrected chi connectivity index (χ2v) is 5.48. The molecule has 1 heterocycles. The van der Waals surface area contributed by atoms with Gasteiger partial charge in [-0.25, -0.2) is 0 Å². The van der Waals surface area contributed by atoms with Crippen molar-refractivity contribution in [2.45, 2.75) is 6.42 Å². The number of hydrogen-bond acceptors (Lipinski definition) is 2. The van der Waals surface area contributed by atoms with Gasteiger partial charge >= 0.3 is 0 Å². The fourth-order valence-corrected chi connectivity index (χ4v) is 3.10. The summed E-state index contributed by atoms with van der Waals surface area (Å²) in [5.74, 6) is 2.48. The average molecular weight is 229 g/mol. The summed E-state index contributed by atoms with van der Waals surface area (Å²) in [6.07, 6.45) is 2.38. The number of carbonyl (C=O) groups is 1. The van der Waals surface area contributed by atoms with E-state index in [9.17, 15) is 4.79 Å². The standard InChI is InChI=1S/C11H20N2OS/c1-3-11(14)12-5-4-6-13(2)7-9-15-10-8-13/h3H,1,4-10H2,2H3/p+1. The van der Waals surface area contributed by atoms with E-state index in [4.69, 9.17) is 0 Å². The highest BCUT2D eigenvalue weighted by molar-refractivity contribution is 7.99. The van der Waals surface area contributed by atoms with Gasteiger partial charge < -0.3 is 9.80 Å². The van der Waals surface area contributed by atoms with Crippen LogP contribution in [0.1, 0.15) is 6.42 Å². The molecule has 0 spiro atoms. The largest absolute Gasteiger partial charge is 0.352 e. The summed E-state index contributed by atoms with van der Waals surface area (Å²) in [7, 11) is 2.31. The van der Waals surface area contributed by atoms with Crippen LogP contribution in [0.3, 0.4) is 0 Å². The number of nitrogens with one attached hydrogen (secondary N) is 1. The van der Waals surface area contributed by atoms with Crippen molar-refractivity contribution in [3.8, 4) is 0 Å². The first-order chi connectivity index (χ1) is 7.16. The lowest BCUT2D eigenvalue weighted by atomic mass is 10.3. The fourth-order valence-electron chi connectivity index (χ4n) is 1.75. The van der Waals surface area contributed by atoms with E-state index in [1.54, 1.807) is 0 Å². The zero-order valence-electron chi connectivity index (χ0n) is 9.50. The minimum Gasteiger partial charge on any atom is -0.352 e. The van der Waals surface area contributed by atoms with Gasteiger partial charge in [-0.1, -0.05) is 6.58 Å². The lowest BCUT2D eigenvalue weighted by Crippen LogP contribution is -2.50. The van der Waals surface area contributed by atoms with E-state index in [1.807, 2.05) is 11.8 Å². The van der Waals surface area contributed by atoms with Crippen molar-refractivity contribution in [2.24, 2.45) is 0 Å². The summed E-state index contributed by atoms with van der Waals surface area (Å²) in [6.45, 7) is 7.89. The maximum atomic E-state index is 10.9. The van der Waals surface area contributed by atoms with Gasteiger partial charge in [-0.3, -0.25) is 4.79 Å². The predicted molar refractivity (Wildman–Crippen MR) is 65.9 cm³/mol. The molecule has 0 aromatic carbocycles. The lowest BCUT2D eigenvalue weighted by Gasteiger charge is -2.37. The van der Waals surface area contributed by atoms with E-state index in [-0.39, 0.29) is 5.91 Å². The molecule has 3 nitrogen and oxygen atoms in total. The molecule has 1 rings (SSSR count). The Kier molecular flexibility index (Phi) is 5.19. The molecule has 15 heavy (non-hydrogen) atoms. The predicted octanol–water partition coefficient (Wildman–Crippen LogP) is 0.872. The molecule has 0 aromatic rings. The summed E-state index contributed by atoms with van der Waals surface area (Å²) in [5.41, 5.74) is 0. The van der Waals surface area contributed by atoms with Crippen LogP contribution in [0.15, 0.2) is 12.7 Å². The van der Waals surface area contributed by atoms with Gasteiger partial charge in [-0.2, -0.15) is 11.8 Å². The molecule has 86 valence electrons. The van der Waals surface area contributed by atoms with Crippen LogP contribution < -0.4 is 5.32 Å². The van der Waals surface area contributed by atoms with Crippen LogP contribution in [-0.4, -0.2) is 55.1 Å². The van der Waals surface area contributed by atoms with Crippen LogP contribution >= 0.6 is 11.8 Å². The molecule has 0 unspecified atom stereocenters. The third-order valence-corrected chi connectivity index (χ3v) is 3.85. The van der Waals surface area contributed by atoms with Crippen molar-refractivity contribution in [1.29, 1.82) is 0 Å². The normalized spacial score (nSPS) is 19.5. The Bertz CT molecular complexity index is 225. The number of hydrogen-bond donors (Lipinski definition) is 1. The summed E-state index contributed by atoms with van der Waals surface area (Å²) < 4.78 is 1.16. The number of amides is 1. The second kappa shape index (κ2) is 6.18. The molecule has 4 heteroatoms. The van der Waals surface area contributed by atoms with E-state index in [0.29, 0.717) is 0 Å². The molecule has 0 aromatic heterocycles. The molecule has 0 radical (unpaired) electrons. The molecule has 0 atom stereocenters. The number of quaternary nitrogens is 1. The number of nitrogens with zero attached hydrogens (tertiary/aromatic N) is 1. The Hall–Kier alpha value is -0.480. The van der Waals surface area contributed by atoms with E-state index < -0.39 is 0 Å². The highest BCUT2D eigenvalue weighted by atomic mass is 32.2. The van der Waals surface area contributed by atoms with Crippen molar-refractivity contribution in [3.05, 3.63) is 12.7 Å². The Morgan fingerprint density at radius 2 is 2.20 bits per heavy atom. The Balaban J connectivity index is 2.13.